The summed E-state index contributed by atoms with van der Waals surface area (Å²) in [6.45, 7) is 2.26. The van der Waals surface area contributed by atoms with Crippen molar-refractivity contribution in [3.8, 4) is 11.5 Å². The van der Waals surface area contributed by atoms with Crippen LogP contribution in [0.1, 0.15) is 16.2 Å². The summed E-state index contributed by atoms with van der Waals surface area (Å²) in [7, 11) is 1.67. The van der Waals surface area contributed by atoms with Crippen molar-refractivity contribution in [2.24, 2.45) is 0 Å². The third-order valence-electron chi connectivity index (χ3n) is 3.48. The summed E-state index contributed by atoms with van der Waals surface area (Å²) in [5.41, 5.74) is 1.19. The number of furan rings is 1. The van der Waals surface area contributed by atoms with Crippen LogP contribution >= 0.6 is 11.3 Å². The molecule has 0 aliphatic carbocycles. The Morgan fingerprint density at radius 1 is 1.09 bits per heavy atom. The molecule has 0 aliphatic rings. The molecule has 2 N–H and O–H groups in total. The summed E-state index contributed by atoms with van der Waals surface area (Å²) < 4.78 is 16.6. The largest absolute Gasteiger partial charge is 0.493 e. The summed E-state index contributed by atoms with van der Waals surface area (Å²) in [4.78, 5) is 1.20. The molecule has 2 heterocycles. The molecule has 1 aromatic carbocycles. The molecule has 3 aromatic rings. The molecule has 0 radical (unpaired) electrons. The normalized spacial score (nSPS) is 10.7. The van der Waals surface area contributed by atoms with E-state index in [0.717, 1.165) is 30.3 Å². The first kappa shape index (κ1) is 15.6. The van der Waals surface area contributed by atoms with Crippen molar-refractivity contribution in [2.45, 2.75) is 19.7 Å². The quantitative estimate of drug-likeness (QED) is 0.690. The zero-order valence-corrected chi connectivity index (χ0v) is 13.8. The molecule has 23 heavy (non-hydrogen) atoms. The Labute approximate surface area is 139 Å². The van der Waals surface area contributed by atoms with Crippen LogP contribution in [0.4, 0.5) is 0 Å². The van der Waals surface area contributed by atoms with E-state index in [1.165, 1.54) is 10.4 Å². The van der Waals surface area contributed by atoms with Crippen LogP contribution < -0.4 is 14.8 Å². The van der Waals surface area contributed by atoms with Gasteiger partial charge in [-0.05, 0) is 41.8 Å². The first-order chi connectivity index (χ1) is 11.3. The summed E-state index contributed by atoms with van der Waals surface area (Å²) >= 11 is 1.69. The molecular weight excluding hydrogens is 310 g/mol. The highest BCUT2D eigenvalue weighted by Crippen LogP contribution is 2.29. The molecule has 0 fully saturated rings. The molecule has 0 amide bonds. The highest BCUT2D eigenvalue weighted by Gasteiger charge is 2.08. The van der Waals surface area contributed by atoms with Gasteiger partial charge in [-0.3, -0.25) is 0 Å². The fraction of sp³-hybridized carbons (Fsp3) is 0.222. The molecule has 0 unspecified atom stereocenters. The maximum Gasteiger partial charge on any atom is 0.161 e. The second kappa shape index (κ2) is 7.85. The van der Waals surface area contributed by atoms with E-state index in [9.17, 15) is 0 Å². The zero-order valence-electron chi connectivity index (χ0n) is 13.0. The lowest BCUT2D eigenvalue weighted by Crippen LogP contribution is -2.80. The Kier molecular flexibility index (Phi) is 5.34. The molecule has 120 valence electrons. The van der Waals surface area contributed by atoms with Crippen LogP contribution in [0.25, 0.3) is 0 Å². The SMILES string of the molecule is COc1cc(C[NH2+]Cc2ccco2)ccc1OCc1cccs1. The minimum atomic E-state index is 0.567. The molecule has 3 rings (SSSR count). The van der Waals surface area contributed by atoms with Crippen molar-refractivity contribution in [3.63, 3.8) is 0 Å². The first-order valence-electron chi connectivity index (χ1n) is 7.51. The standard InChI is InChI=1S/C18H19NO3S/c1-20-18-10-14(11-19-12-15-4-2-8-21-15)6-7-17(18)22-13-16-5-3-9-23-16/h2-10,19H,11-13H2,1H3/p+1. The molecule has 0 spiro atoms. The van der Waals surface area contributed by atoms with Gasteiger partial charge in [0.05, 0.1) is 13.4 Å². The number of methoxy groups -OCH3 is 1. The third-order valence-corrected chi connectivity index (χ3v) is 4.33. The van der Waals surface area contributed by atoms with Crippen molar-refractivity contribution in [1.82, 2.24) is 0 Å². The van der Waals surface area contributed by atoms with Gasteiger partial charge >= 0.3 is 0 Å². The second-order valence-corrected chi connectivity index (χ2v) is 6.16. The van der Waals surface area contributed by atoms with Crippen molar-refractivity contribution in [2.75, 3.05) is 7.11 Å². The number of thiophene rings is 1. The zero-order chi connectivity index (χ0) is 15.9. The number of quaternary nitrogens is 1. The van der Waals surface area contributed by atoms with Gasteiger partial charge in [0, 0.05) is 10.4 Å². The summed E-state index contributed by atoms with van der Waals surface area (Å²) in [5.74, 6) is 2.52. The van der Waals surface area contributed by atoms with Crippen LogP contribution in [-0.4, -0.2) is 7.11 Å². The van der Waals surface area contributed by atoms with Gasteiger partial charge in [-0.15, -0.1) is 11.3 Å². The van der Waals surface area contributed by atoms with Crippen LogP contribution in [0, 0.1) is 0 Å². The summed E-state index contributed by atoms with van der Waals surface area (Å²) in [6.07, 6.45) is 1.70. The molecule has 0 aliphatic heterocycles. The minimum absolute atomic E-state index is 0.567. The number of nitrogens with two attached hydrogens (primary N) is 1. The second-order valence-electron chi connectivity index (χ2n) is 5.13. The third kappa shape index (κ3) is 4.37. The molecule has 0 bridgehead atoms. The number of rotatable bonds is 8. The van der Waals surface area contributed by atoms with Gasteiger partial charge in [0.1, 0.15) is 19.7 Å². The van der Waals surface area contributed by atoms with E-state index in [2.05, 4.69) is 17.4 Å². The van der Waals surface area contributed by atoms with Gasteiger partial charge in [0.25, 0.3) is 0 Å². The van der Waals surface area contributed by atoms with Crippen LogP contribution in [0.15, 0.2) is 58.5 Å². The molecule has 0 atom stereocenters. The van der Waals surface area contributed by atoms with E-state index in [1.807, 2.05) is 35.7 Å². The molecule has 0 saturated heterocycles. The summed E-state index contributed by atoms with van der Waals surface area (Å²) in [6, 6.07) is 14.1. The van der Waals surface area contributed by atoms with E-state index in [0.29, 0.717) is 6.61 Å². The van der Waals surface area contributed by atoms with Crippen LogP contribution in [0.5, 0.6) is 11.5 Å². The highest BCUT2D eigenvalue weighted by atomic mass is 32.1. The van der Waals surface area contributed by atoms with Gasteiger partial charge in [0.15, 0.2) is 17.3 Å². The van der Waals surface area contributed by atoms with Crippen molar-refractivity contribution in [3.05, 3.63) is 70.3 Å². The first-order valence-corrected chi connectivity index (χ1v) is 8.39. The van der Waals surface area contributed by atoms with Crippen LogP contribution in [0.3, 0.4) is 0 Å². The Morgan fingerprint density at radius 2 is 2.04 bits per heavy atom. The Morgan fingerprint density at radius 3 is 2.78 bits per heavy atom. The fourth-order valence-corrected chi connectivity index (χ4v) is 2.93. The molecular formula is C18H20NO3S+. The van der Waals surface area contributed by atoms with Gasteiger partial charge < -0.3 is 19.2 Å². The van der Waals surface area contributed by atoms with Gasteiger partial charge in [0.2, 0.25) is 0 Å². The van der Waals surface area contributed by atoms with E-state index >= 15 is 0 Å². The Balaban J connectivity index is 1.57. The smallest absolute Gasteiger partial charge is 0.161 e. The minimum Gasteiger partial charge on any atom is -0.493 e. The number of benzene rings is 1. The van der Waals surface area contributed by atoms with Crippen molar-refractivity contribution in [1.29, 1.82) is 0 Å². The lowest BCUT2D eigenvalue weighted by molar-refractivity contribution is -0.688. The highest BCUT2D eigenvalue weighted by molar-refractivity contribution is 7.09. The Bertz CT molecular complexity index is 708. The molecule has 0 saturated carbocycles. The fourth-order valence-electron chi connectivity index (χ4n) is 2.31. The van der Waals surface area contributed by atoms with Gasteiger partial charge in [-0.25, -0.2) is 0 Å². The van der Waals surface area contributed by atoms with E-state index in [-0.39, 0.29) is 0 Å². The topological polar surface area (TPSA) is 48.2 Å². The monoisotopic (exact) mass is 330 g/mol. The van der Waals surface area contributed by atoms with Gasteiger partial charge in [-0.2, -0.15) is 0 Å². The maximum absolute atomic E-state index is 5.85. The van der Waals surface area contributed by atoms with E-state index in [1.54, 1.807) is 24.7 Å². The van der Waals surface area contributed by atoms with E-state index in [4.69, 9.17) is 13.9 Å². The average Bonchev–Trinajstić information content (AvgIpc) is 3.27. The predicted molar refractivity (Wildman–Crippen MR) is 89.7 cm³/mol. The van der Waals surface area contributed by atoms with Crippen LogP contribution in [-0.2, 0) is 19.7 Å². The predicted octanol–water partition coefficient (Wildman–Crippen LogP) is 3.19. The maximum atomic E-state index is 5.85. The molecule has 4 nitrogen and oxygen atoms in total. The van der Waals surface area contributed by atoms with Crippen molar-refractivity contribution >= 4 is 11.3 Å². The average molecular weight is 330 g/mol. The number of ether oxygens (including phenoxy) is 2. The number of hydrogen-bond acceptors (Lipinski definition) is 4. The van der Waals surface area contributed by atoms with Crippen molar-refractivity contribution < 1.29 is 19.2 Å². The summed E-state index contributed by atoms with van der Waals surface area (Å²) in [5, 5.41) is 4.24. The lowest BCUT2D eigenvalue weighted by Gasteiger charge is -2.11. The number of hydrogen-bond donors (Lipinski definition) is 1. The molecule has 5 heteroatoms. The lowest BCUT2D eigenvalue weighted by atomic mass is 10.2. The van der Waals surface area contributed by atoms with Gasteiger partial charge in [-0.1, -0.05) is 6.07 Å². The Hall–Kier alpha value is -2.24. The van der Waals surface area contributed by atoms with E-state index < -0.39 is 0 Å². The van der Waals surface area contributed by atoms with Crippen LogP contribution in [0.2, 0.25) is 0 Å². The molecule has 2 aromatic heterocycles.